The molecule has 3 N–H and O–H groups in total. The lowest BCUT2D eigenvalue weighted by atomic mass is 9.90. The molecule has 6 heteroatoms. The van der Waals surface area contributed by atoms with Crippen LogP contribution < -0.4 is 5.73 Å². The molecular formula is C13H22N4O2. The quantitative estimate of drug-likeness (QED) is 0.837. The van der Waals surface area contributed by atoms with Gasteiger partial charge in [0.2, 0.25) is 0 Å². The Kier molecular flexibility index (Phi) is 3.56. The summed E-state index contributed by atoms with van der Waals surface area (Å²) in [6.07, 6.45) is 4.48. The van der Waals surface area contributed by atoms with Crippen molar-refractivity contribution < 1.29 is 9.63 Å². The first kappa shape index (κ1) is 13.0. The van der Waals surface area contributed by atoms with Crippen molar-refractivity contribution in [3.8, 4) is 0 Å². The van der Waals surface area contributed by atoms with Gasteiger partial charge in [-0.3, -0.25) is 0 Å². The summed E-state index contributed by atoms with van der Waals surface area (Å²) in [5.41, 5.74) is 5.42. The van der Waals surface area contributed by atoms with E-state index in [9.17, 15) is 5.11 Å². The molecule has 3 atom stereocenters. The first-order valence-electron chi connectivity index (χ1n) is 7.12. The molecule has 0 radical (unpaired) electrons. The van der Waals surface area contributed by atoms with Crippen molar-refractivity contribution in [2.24, 2.45) is 5.73 Å². The standard InChI is InChI=1S/C13H22N4O2/c1-17-9-2-3-10(17)7-8(6-9)12-15-13(19-16-12)11(18)4-5-14/h8-11,18H,2-7,14H2,1H3. The fourth-order valence-corrected chi connectivity index (χ4v) is 3.45. The number of hydrogen-bond donors (Lipinski definition) is 2. The molecule has 0 spiro atoms. The Morgan fingerprint density at radius 1 is 1.42 bits per heavy atom. The van der Waals surface area contributed by atoms with Gasteiger partial charge in [-0.1, -0.05) is 5.16 Å². The molecule has 0 aromatic carbocycles. The third-order valence-electron chi connectivity index (χ3n) is 4.65. The zero-order valence-corrected chi connectivity index (χ0v) is 11.3. The zero-order valence-electron chi connectivity index (χ0n) is 11.3. The molecule has 2 bridgehead atoms. The van der Waals surface area contributed by atoms with E-state index in [0.29, 0.717) is 36.9 Å². The van der Waals surface area contributed by atoms with Crippen molar-refractivity contribution in [3.63, 3.8) is 0 Å². The topological polar surface area (TPSA) is 88.4 Å². The predicted molar refractivity (Wildman–Crippen MR) is 69.5 cm³/mol. The minimum absolute atomic E-state index is 0.312. The third kappa shape index (κ3) is 2.40. The van der Waals surface area contributed by atoms with Gasteiger partial charge in [0.05, 0.1) is 0 Å². The maximum atomic E-state index is 9.81. The van der Waals surface area contributed by atoms with Crippen LogP contribution in [0, 0.1) is 0 Å². The van der Waals surface area contributed by atoms with Gasteiger partial charge in [0.1, 0.15) is 6.10 Å². The van der Waals surface area contributed by atoms with E-state index in [4.69, 9.17) is 10.3 Å². The van der Waals surface area contributed by atoms with Gasteiger partial charge in [-0.25, -0.2) is 0 Å². The fraction of sp³-hybridized carbons (Fsp3) is 0.846. The van der Waals surface area contributed by atoms with Crippen molar-refractivity contribution in [2.45, 2.75) is 56.2 Å². The number of nitrogens with zero attached hydrogens (tertiary/aromatic N) is 3. The Balaban J connectivity index is 1.70. The Morgan fingerprint density at radius 3 is 2.74 bits per heavy atom. The van der Waals surface area contributed by atoms with Crippen molar-refractivity contribution in [3.05, 3.63) is 11.7 Å². The second-order valence-electron chi connectivity index (χ2n) is 5.80. The molecule has 6 nitrogen and oxygen atoms in total. The van der Waals surface area contributed by atoms with Crippen molar-refractivity contribution in [2.75, 3.05) is 13.6 Å². The highest BCUT2D eigenvalue weighted by Crippen LogP contribution is 2.41. The maximum absolute atomic E-state index is 9.81. The maximum Gasteiger partial charge on any atom is 0.255 e. The van der Waals surface area contributed by atoms with E-state index in [1.165, 1.54) is 12.8 Å². The Labute approximate surface area is 113 Å². The van der Waals surface area contributed by atoms with E-state index in [0.717, 1.165) is 18.7 Å². The first-order chi connectivity index (χ1) is 9.19. The summed E-state index contributed by atoms with van der Waals surface area (Å²) in [7, 11) is 2.21. The van der Waals surface area contributed by atoms with Gasteiger partial charge in [-0.05, 0) is 45.7 Å². The van der Waals surface area contributed by atoms with Crippen molar-refractivity contribution in [1.29, 1.82) is 0 Å². The SMILES string of the molecule is CN1C2CCC1CC(c1noc(C(O)CCN)n1)C2. The molecule has 3 unspecified atom stereocenters. The number of rotatable bonds is 4. The minimum atomic E-state index is -0.728. The van der Waals surface area contributed by atoms with Crippen LogP contribution in [-0.4, -0.2) is 45.8 Å². The highest BCUT2D eigenvalue weighted by molar-refractivity contribution is 5.05. The van der Waals surface area contributed by atoms with Crippen LogP contribution in [0.3, 0.4) is 0 Å². The lowest BCUT2D eigenvalue weighted by molar-refractivity contribution is 0.127. The number of nitrogens with two attached hydrogens (primary N) is 1. The van der Waals surface area contributed by atoms with Crippen LogP contribution in [0.4, 0.5) is 0 Å². The van der Waals surface area contributed by atoms with Gasteiger partial charge in [0.25, 0.3) is 5.89 Å². The summed E-state index contributed by atoms with van der Waals surface area (Å²) in [6, 6.07) is 1.30. The lowest BCUT2D eigenvalue weighted by Gasteiger charge is -2.34. The van der Waals surface area contributed by atoms with E-state index in [-0.39, 0.29) is 0 Å². The number of fused-ring (bicyclic) bond motifs is 2. The van der Waals surface area contributed by atoms with Gasteiger partial charge in [0, 0.05) is 18.0 Å². The van der Waals surface area contributed by atoms with Crippen LogP contribution in [-0.2, 0) is 0 Å². The molecule has 2 aliphatic heterocycles. The Bertz CT molecular complexity index is 422. The normalized spacial score (nSPS) is 32.7. The van der Waals surface area contributed by atoms with Crippen molar-refractivity contribution >= 4 is 0 Å². The van der Waals surface area contributed by atoms with E-state index in [1.54, 1.807) is 0 Å². The molecular weight excluding hydrogens is 244 g/mol. The van der Waals surface area contributed by atoms with Gasteiger partial charge in [-0.15, -0.1) is 0 Å². The number of aliphatic hydroxyl groups is 1. The molecule has 1 aromatic heterocycles. The molecule has 2 aliphatic rings. The summed E-state index contributed by atoms with van der Waals surface area (Å²) in [5, 5.41) is 13.9. The van der Waals surface area contributed by atoms with E-state index in [1.807, 2.05) is 0 Å². The third-order valence-corrected chi connectivity index (χ3v) is 4.65. The van der Waals surface area contributed by atoms with Gasteiger partial charge >= 0.3 is 0 Å². The van der Waals surface area contributed by atoms with Crippen LogP contribution in [0.1, 0.15) is 55.8 Å². The second-order valence-corrected chi connectivity index (χ2v) is 5.80. The Hall–Kier alpha value is -0.980. The largest absolute Gasteiger partial charge is 0.383 e. The molecule has 19 heavy (non-hydrogen) atoms. The molecule has 0 saturated carbocycles. The smallest absolute Gasteiger partial charge is 0.255 e. The molecule has 0 aliphatic carbocycles. The molecule has 3 rings (SSSR count). The fourth-order valence-electron chi connectivity index (χ4n) is 3.45. The van der Waals surface area contributed by atoms with Gasteiger partial charge in [0.15, 0.2) is 5.82 Å². The highest BCUT2D eigenvalue weighted by Gasteiger charge is 2.40. The monoisotopic (exact) mass is 266 g/mol. The number of aromatic nitrogens is 2. The summed E-state index contributed by atoms with van der Waals surface area (Å²) in [4.78, 5) is 6.86. The summed E-state index contributed by atoms with van der Waals surface area (Å²) in [6.45, 7) is 0.414. The van der Waals surface area contributed by atoms with Gasteiger partial charge < -0.3 is 20.3 Å². The average Bonchev–Trinajstić information content (AvgIpc) is 2.93. The molecule has 1 aromatic rings. The molecule has 0 amide bonds. The number of piperidine rings is 1. The highest BCUT2D eigenvalue weighted by atomic mass is 16.5. The van der Waals surface area contributed by atoms with E-state index in [2.05, 4.69) is 22.1 Å². The lowest BCUT2D eigenvalue weighted by Crippen LogP contribution is -2.39. The van der Waals surface area contributed by atoms with E-state index >= 15 is 0 Å². The van der Waals surface area contributed by atoms with Crippen LogP contribution in [0.5, 0.6) is 0 Å². The van der Waals surface area contributed by atoms with Crippen LogP contribution in [0.15, 0.2) is 4.52 Å². The molecule has 3 heterocycles. The van der Waals surface area contributed by atoms with Crippen LogP contribution >= 0.6 is 0 Å². The summed E-state index contributed by atoms with van der Waals surface area (Å²) in [5.74, 6) is 1.44. The predicted octanol–water partition coefficient (Wildman–Crippen LogP) is 0.792. The number of hydrogen-bond acceptors (Lipinski definition) is 6. The van der Waals surface area contributed by atoms with Gasteiger partial charge in [-0.2, -0.15) is 4.98 Å². The molecule has 2 fully saturated rings. The summed E-state index contributed by atoms with van der Waals surface area (Å²) < 4.78 is 5.17. The van der Waals surface area contributed by atoms with E-state index < -0.39 is 6.10 Å². The molecule has 106 valence electrons. The summed E-state index contributed by atoms with van der Waals surface area (Å²) >= 11 is 0. The second kappa shape index (κ2) is 5.19. The Morgan fingerprint density at radius 2 is 2.11 bits per heavy atom. The van der Waals surface area contributed by atoms with Crippen LogP contribution in [0.2, 0.25) is 0 Å². The average molecular weight is 266 g/mol. The first-order valence-corrected chi connectivity index (χ1v) is 7.12. The molecule has 2 saturated heterocycles. The van der Waals surface area contributed by atoms with Crippen LogP contribution in [0.25, 0.3) is 0 Å². The van der Waals surface area contributed by atoms with Crippen molar-refractivity contribution in [1.82, 2.24) is 15.0 Å². The number of aliphatic hydroxyl groups excluding tert-OH is 1. The minimum Gasteiger partial charge on any atom is -0.383 e. The zero-order chi connectivity index (χ0) is 13.4.